The third-order valence-corrected chi connectivity index (χ3v) is 14.6. The molecule has 0 radical (unpaired) electrons. The number of rotatable bonds is 13. The fourth-order valence-electron chi connectivity index (χ4n) is 10.0. The van der Waals surface area contributed by atoms with E-state index in [4.69, 9.17) is 23.9 Å². The van der Waals surface area contributed by atoms with E-state index in [1.165, 1.54) is 55.9 Å². The molecule has 0 bridgehead atoms. The van der Waals surface area contributed by atoms with Crippen LogP contribution in [0.3, 0.4) is 0 Å². The monoisotopic (exact) mass is 1020 g/mol. The standard InChI is InChI=1S/C52H54F2N10O8S/c1-26(2)43(60-50(67)69-5)47(65)62-17-7-9-37(62)45-55-23-34(58-45)28-11-16-36-30(19-28)21-39-42-33(54)20-29(22-40(42)72-49(64(36)39)41-25-57-52(73-41)71-32-14-12-31(53)13-15-32)35-24-56-46(59-35)38-10-8-18-63(38)48(66)44(27(3)4)61-51(68)70-6/h11-16,19-27,37-38,43-44,49H,7-10,17-18H2,1-6H3,(H,55,58)(H,56,59)(H,60,67)(H,61,68)/t37-,38-,43-,44-,49?/m0/s1. The first-order chi connectivity index (χ1) is 35.2. The van der Waals surface area contributed by atoms with Crippen LogP contribution in [0.15, 0.2) is 79.3 Å². The van der Waals surface area contributed by atoms with Crippen LogP contribution in [0.5, 0.6) is 16.7 Å². The highest BCUT2D eigenvalue weighted by atomic mass is 32.1. The minimum absolute atomic E-state index is 0.179. The zero-order valence-electron chi connectivity index (χ0n) is 40.9. The van der Waals surface area contributed by atoms with Crippen molar-refractivity contribution in [1.82, 2.24) is 49.9 Å². The summed E-state index contributed by atoms with van der Waals surface area (Å²) in [7, 11) is 2.52. The summed E-state index contributed by atoms with van der Waals surface area (Å²) in [6, 6.07) is 14.3. The Morgan fingerprint density at radius 2 is 1.33 bits per heavy atom. The zero-order valence-corrected chi connectivity index (χ0v) is 41.7. The Hall–Kier alpha value is -7.81. The quantitative estimate of drug-likeness (QED) is 0.0854. The number of ether oxygens (including phenoxy) is 4. The number of likely N-dealkylation sites (tertiary alicyclic amines) is 2. The van der Waals surface area contributed by atoms with Crippen LogP contribution in [0, 0.1) is 23.5 Å². The Morgan fingerprint density at radius 3 is 1.90 bits per heavy atom. The number of hydrogen-bond acceptors (Lipinski definition) is 12. The summed E-state index contributed by atoms with van der Waals surface area (Å²) < 4.78 is 55.1. The molecule has 2 fully saturated rings. The van der Waals surface area contributed by atoms with E-state index in [1.807, 2.05) is 56.5 Å². The summed E-state index contributed by atoms with van der Waals surface area (Å²) >= 11 is 1.23. The number of aromatic nitrogens is 6. The highest BCUT2D eigenvalue weighted by Crippen LogP contribution is 2.49. The Labute approximate surface area is 422 Å². The number of carbonyl (C=O) groups excluding carboxylic acids is 4. The van der Waals surface area contributed by atoms with Crippen molar-refractivity contribution >= 4 is 46.2 Å². The molecule has 10 rings (SSSR count). The van der Waals surface area contributed by atoms with Crippen LogP contribution in [-0.4, -0.2) is 103 Å². The lowest BCUT2D eigenvalue weighted by molar-refractivity contribution is -0.136. The van der Waals surface area contributed by atoms with Crippen LogP contribution in [-0.2, 0) is 19.1 Å². The van der Waals surface area contributed by atoms with E-state index < -0.39 is 48.2 Å². The van der Waals surface area contributed by atoms with Crippen molar-refractivity contribution in [3.63, 3.8) is 0 Å². The van der Waals surface area contributed by atoms with E-state index in [9.17, 15) is 23.6 Å². The molecular weight excluding hydrogens is 963 g/mol. The van der Waals surface area contributed by atoms with Crippen LogP contribution >= 0.6 is 11.3 Å². The van der Waals surface area contributed by atoms with Crippen LogP contribution < -0.4 is 20.1 Å². The number of alkyl carbamates (subject to hydrolysis) is 2. The average Bonchev–Trinajstić information content (AvgIpc) is 4.25. The summed E-state index contributed by atoms with van der Waals surface area (Å²) in [6.45, 7) is 8.43. The molecule has 0 saturated carbocycles. The van der Waals surface area contributed by atoms with Gasteiger partial charge < -0.3 is 49.3 Å². The Morgan fingerprint density at radius 1 is 0.740 bits per heavy atom. The maximum atomic E-state index is 17.0. The van der Waals surface area contributed by atoms with Gasteiger partial charge in [-0.3, -0.25) is 14.2 Å². The van der Waals surface area contributed by atoms with E-state index in [1.54, 1.807) is 34.5 Å². The number of hydrogen-bond donors (Lipinski definition) is 4. The van der Waals surface area contributed by atoms with Crippen molar-refractivity contribution in [2.75, 3.05) is 27.3 Å². The second-order valence-electron chi connectivity index (χ2n) is 19.0. The van der Waals surface area contributed by atoms with Crippen molar-refractivity contribution in [1.29, 1.82) is 0 Å². The number of imidazole rings is 2. The maximum absolute atomic E-state index is 17.0. The molecule has 1 unspecified atom stereocenters. The molecule has 3 aromatic carbocycles. The topological polar surface area (TPSA) is 211 Å². The van der Waals surface area contributed by atoms with Gasteiger partial charge in [0.15, 0.2) is 0 Å². The van der Waals surface area contributed by atoms with Gasteiger partial charge >= 0.3 is 12.2 Å². The molecule has 5 atom stereocenters. The molecule has 3 aliphatic heterocycles. The first kappa shape index (κ1) is 48.8. The van der Waals surface area contributed by atoms with Crippen molar-refractivity contribution < 1.29 is 46.9 Å². The van der Waals surface area contributed by atoms with Crippen LogP contribution in [0.4, 0.5) is 18.4 Å². The fraction of sp³-hybridized carbons (Fsp3) is 0.365. The number of fused-ring (bicyclic) bond motifs is 5. The molecule has 0 spiro atoms. The average molecular weight is 1020 g/mol. The SMILES string of the molecule is COC(=O)N[C@H](C(=O)N1CCC[C@H]1c1ncc(-c2cc(F)c3c(c2)OC(c2cnc(Oc4ccc(F)cc4)s2)n2c-3cc3cc(-c4cnc([C@@H]5CCCN5C(=O)[C@@H](NC(=O)OC)C(C)C)[nH]4)ccc32)[nH]1)C(C)C. The largest absolute Gasteiger partial charge is 0.464 e. The fourth-order valence-corrected chi connectivity index (χ4v) is 10.8. The van der Waals surface area contributed by atoms with E-state index in [0.717, 1.165) is 29.3 Å². The molecule has 4 amide bonds. The molecule has 2 saturated heterocycles. The van der Waals surface area contributed by atoms with Gasteiger partial charge in [0.25, 0.3) is 5.19 Å². The minimum atomic E-state index is -0.834. The number of amides is 4. The molecule has 73 heavy (non-hydrogen) atoms. The molecular formula is C52H54F2N10O8S. The highest BCUT2D eigenvalue weighted by Gasteiger charge is 2.40. The molecule has 4 aromatic heterocycles. The van der Waals surface area contributed by atoms with Crippen LogP contribution in [0.25, 0.3) is 44.7 Å². The number of halogens is 2. The van der Waals surface area contributed by atoms with Gasteiger partial charge in [-0.25, -0.2) is 33.3 Å². The van der Waals surface area contributed by atoms with Gasteiger partial charge in [0, 0.05) is 29.6 Å². The number of carbonyl (C=O) groups is 4. The van der Waals surface area contributed by atoms with Crippen molar-refractivity contribution in [3.8, 4) is 50.5 Å². The Bertz CT molecular complexity index is 3220. The molecule has 4 N–H and O–H groups in total. The number of H-pyrrole nitrogens is 2. The molecule has 3 aliphatic rings. The minimum Gasteiger partial charge on any atom is -0.464 e. The smallest absolute Gasteiger partial charge is 0.407 e. The predicted molar refractivity (Wildman–Crippen MR) is 266 cm³/mol. The highest BCUT2D eigenvalue weighted by molar-refractivity contribution is 7.13. The first-order valence-corrected chi connectivity index (χ1v) is 25.0. The van der Waals surface area contributed by atoms with Gasteiger partial charge in [0.05, 0.1) is 77.9 Å². The lowest BCUT2D eigenvalue weighted by Gasteiger charge is -2.30. The lowest BCUT2D eigenvalue weighted by atomic mass is 10.0. The van der Waals surface area contributed by atoms with Gasteiger partial charge in [0.1, 0.15) is 46.9 Å². The Kier molecular flexibility index (Phi) is 13.4. The number of nitrogens with zero attached hydrogens (tertiary/aromatic N) is 6. The molecule has 7 heterocycles. The maximum Gasteiger partial charge on any atom is 0.407 e. The summed E-state index contributed by atoms with van der Waals surface area (Å²) in [5, 5.41) is 6.43. The third kappa shape index (κ3) is 9.44. The van der Waals surface area contributed by atoms with Crippen molar-refractivity contribution in [3.05, 3.63) is 107 Å². The van der Waals surface area contributed by atoms with Crippen molar-refractivity contribution in [2.24, 2.45) is 11.8 Å². The molecule has 0 aliphatic carbocycles. The number of methoxy groups -OCH3 is 2. The summed E-state index contributed by atoms with van der Waals surface area (Å²) in [4.78, 5) is 76.9. The van der Waals surface area contributed by atoms with E-state index in [-0.39, 0.29) is 41.0 Å². The number of nitrogens with one attached hydrogen (secondary N) is 4. The van der Waals surface area contributed by atoms with Gasteiger partial charge in [-0.15, -0.1) is 0 Å². The molecule has 18 nitrogen and oxygen atoms in total. The molecule has 380 valence electrons. The third-order valence-electron chi connectivity index (χ3n) is 13.7. The molecule has 7 aromatic rings. The predicted octanol–water partition coefficient (Wildman–Crippen LogP) is 9.64. The lowest BCUT2D eigenvalue weighted by Crippen LogP contribution is -2.51. The second kappa shape index (κ2) is 20.0. The summed E-state index contributed by atoms with van der Waals surface area (Å²) in [5.41, 5.74) is 4.02. The summed E-state index contributed by atoms with van der Waals surface area (Å²) in [5.74, 6) is 0.0227. The molecule has 21 heteroatoms. The second-order valence-corrected chi connectivity index (χ2v) is 20.0. The van der Waals surface area contributed by atoms with E-state index >= 15 is 4.39 Å². The van der Waals surface area contributed by atoms with Gasteiger partial charge in [0.2, 0.25) is 18.0 Å². The normalized spacial score (nSPS) is 18.1. The van der Waals surface area contributed by atoms with Crippen LogP contribution in [0.2, 0.25) is 0 Å². The van der Waals surface area contributed by atoms with Gasteiger partial charge in [-0.05, 0) is 92.1 Å². The van der Waals surface area contributed by atoms with Gasteiger partial charge in [-0.2, -0.15) is 0 Å². The van der Waals surface area contributed by atoms with Crippen molar-refractivity contribution in [2.45, 2.75) is 83.8 Å². The number of aromatic amines is 2. The first-order valence-electron chi connectivity index (χ1n) is 24.1. The van der Waals surface area contributed by atoms with Gasteiger partial charge in [-0.1, -0.05) is 45.1 Å². The Balaban J connectivity index is 0.981. The number of benzene rings is 3. The number of thiazole rings is 1. The van der Waals surface area contributed by atoms with Crippen LogP contribution in [0.1, 0.15) is 88.2 Å². The summed E-state index contributed by atoms with van der Waals surface area (Å²) in [6.07, 6.45) is 5.60. The van der Waals surface area contributed by atoms with E-state index in [0.29, 0.717) is 76.0 Å². The van der Waals surface area contributed by atoms with E-state index in [2.05, 4.69) is 30.6 Å². The zero-order chi connectivity index (χ0) is 51.2.